The standard InChI is InChI=1S/C30H37N3O2/c1-24-15-16-25(2)28(23-24)33-21-19-32(20-22-33)18-10-17-31-29(34)30(35-3,26-11-6-4-7-12-26)27-13-8-5-9-14-27/h4-9,11-16,23H,10,17-22H2,1-3H3,(H,31,34). The van der Waals surface area contributed by atoms with Crippen LogP contribution in [0.25, 0.3) is 0 Å². The summed E-state index contributed by atoms with van der Waals surface area (Å²) in [4.78, 5) is 18.5. The number of hydrogen-bond acceptors (Lipinski definition) is 4. The van der Waals surface area contributed by atoms with Crippen molar-refractivity contribution in [2.75, 3.05) is 51.3 Å². The Morgan fingerprint density at radius 2 is 1.49 bits per heavy atom. The minimum absolute atomic E-state index is 0.128. The minimum Gasteiger partial charge on any atom is -0.369 e. The van der Waals surface area contributed by atoms with Gasteiger partial charge in [-0.2, -0.15) is 0 Å². The zero-order chi connectivity index (χ0) is 24.7. The second-order valence-corrected chi connectivity index (χ2v) is 9.35. The highest BCUT2D eigenvalue weighted by atomic mass is 16.5. The number of piperazine rings is 1. The molecule has 35 heavy (non-hydrogen) atoms. The molecule has 4 rings (SSSR count). The molecule has 3 aromatic carbocycles. The molecule has 0 radical (unpaired) electrons. The molecule has 0 unspecified atom stereocenters. The minimum atomic E-state index is -1.17. The molecule has 5 heteroatoms. The number of nitrogens with zero attached hydrogens (tertiary/aromatic N) is 2. The molecule has 1 heterocycles. The van der Waals surface area contributed by atoms with Crippen LogP contribution in [0, 0.1) is 13.8 Å². The van der Waals surface area contributed by atoms with Gasteiger partial charge in [0.05, 0.1) is 0 Å². The lowest BCUT2D eigenvalue weighted by Crippen LogP contribution is -2.49. The molecule has 0 aromatic heterocycles. The molecule has 184 valence electrons. The molecular weight excluding hydrogens is 434 g/mol. The third-order valence-electron chi connectivity index (χ3n) is 7.00. The quantitative estimate of drug-likeness (QED) is 0.466. The predicted molar refractivity (Wildman–Crippen MR) is 143 cm³/mol. The zero-order valence-corrected chi connectivity index (χ0v) is 21.2. The molecule has 0 bridgehead atoms. The van der Waals surface area contributed by atoms with E-state index in [1.807, 2.05) is 60.7 Å². The summed E-state index contributed by atoms with van der Waals surface area (Å²) in [6.45, 7) is 10.1. The Labute approximate surface area is 209 Å². The van der Waals surface area contributed by atoms with E-state index in [1.54, 1.807) is 7.11 Å². The SMILES string of the molecule is COC(C(=O)NCCCN1CCN(c2cc(C)ccc2C)CC1)(c1ccccc1)c1ccccc1. The number of aryl methyl sites for hydroxylation is 2. The molecule has 0 saturated carbocycles. The summed E-state index contributed by atoms with van der Waals surface area (Å²) in [5.41, 5.74) is 4.49. The van der Waals surface area contributed by atoms with E-state index in [0.29, 0.717) is 6.54 Å². The number of amides is 1. The van der Waals surface area contributed by atoms with Crippen LogP contribution < -0.4 is 10.2 Å². The van der Waals surface area contributed by atoms with Crippen molar-refractivity contribution in [3.8, 4) is 0 Å². The molecule has 3 aromatic rings. The van der Waals surface area contributed by atoms with E-state index in [1.165, 1.54) is 16.8 Å². The number of methoxy groups -OCH3 is 1. The van der Waals surface area contributed by atoms with Crippen LogP contribution in [-0.2, 0) is 15.1 Å². The topological polar surface area (TPSA) is 44.8 Å². The molecule has 1 saturated heterocycles. The van der Waals surface area contributed by atoms with Crippen molar-refractivity contribution in [2.24, 2.45) is 0 Å². The summed E-state index contributed by atoms with van der Waals surface area (Å²) in [6, 6.07) is 26.2. The fraction of sp³-hybridized carbons (Fsp3) is 0.367. The van der Waals surface area contributed by atoms with Crippen LogP contribution in [0.5, 0.6) is 0 Å². The van der Waals surface area contributed by atoms with Crippen molar-refractivity contribution >= 4 is 11.6 Å². The van der Waals surface area contributed by atoms with Crippen LogP contribution in [0.15, 0.2) is 78.9 Å². The van der Waals surface area contributed by atoms with E-state index in [0.717, 1.165) is 50.3 Å². The average molecular weight is 472 g/mol. The Kier molecular flexibility index (Phi) is 8.21. The summed E-state index contributed by atoms with van der Waals surface area (Å²) in [5, 5.41) is 3.16. The average Bonchev–Trinajstić information content (AvgIpc) is 2.90. The maximum atomic E-state index is 13.6. The van der Waals surface area contributed by atoms with Gasteiger partial charge in [-0.05, 0) is 55.1 Å². The molecule has 0 aliphatic carbocycles. The third kappa shape index (κ3) is 5.58. The Morgan fingerprint density at radius 1 is 0.886 bits per heavy atom. The van der Waals surface area contributed by atoms with Crippen molar-refractivity contribution in [3.63, 3.8) is 0 Å². The van der Waals surface area contributed by atoms with Crippen LogP contribution in [0.1, 0.15) is 28.7 Å². The molecule has 1 aliphatic rings. The maximum Gasteiger partial charge on any atom is 0.261 e. The van der Waals surface area contributed by atoms with Gasteiger partial charge in [-0.25, -0.2) is 0 Å². The van der Waals surface area contributed by atoms with E-state index in [9.17, 15) is 4.79 Å². The van der Waals surface area contributed by atoms with Gasteiger partial charge in [0.25, 0.3) is 5.91 Å². The number of nitrogens with one attached hydrogen (secondary N) is 1. The van der Waals surface area contributed by atoms with Gasteiger partial charge >= 0.3 is 0 Å². The van der Waals surface area contributed by atoms with Gasteiger partial charge in [-0.3, -0.25) is 9.69 Å². The van der Waals surface area contributed by atoms with Crippen LogP contribution in [-0.4, -0.2) is 57.2 Å². The van der Waals surface area contributed by atoms with Crippen LogP contribution in [0.2, 0.25) is 0 Å². The van der Waals surface area contributed by atoms with Crippen molar-refractivity contribution in [2.45, 2.75) is 25.9 Å². The highest BCUT2D eigenvalue weighted by molar-refractivity contribution is 5.90. The number of ether oxygens (including phenoxy) is 1. The molecule has 1 aliphatic heterocycles. The van der Waals surface area contributed by atoms with Gasteiger partial charge < -0.3 is 15.0 Å². The van der Waals surface area contributed by atoms with Gasteiger partial charge in [0.1, 0.15) is 0 Å². The van der Waals surface area contributed by atoms with E-state index < -0.39 is 5.60 Å². The van der Waals surface area contributed by atoms with E-state index in [2.05, 4.69) is 47.2 Å². The van der Waals surface area contributed by atoms with Crippen molar-refractivity contribution in [1.29, 1.82) is 0 Å². The van der Waals surface area contributed by atoms with Crippen molar-refractivity contribution in [3.05, 3.63) is 101 Å². The number of carbonyl (C=O) groups is 1. The normalized spacial score (nSPS) is 14.7. The summed E-state index contributed by atoms with van der Waals surface area (Å²) in [7, 11) is 1.61. The lowest BCUT2D eigenvalue weighted by Gasteiger charge is -2.37. The summed E-state index contributed by atoms with van der Waals surface area (Å²) < 4.78 is 5.96. The molecule has 1 fully saturated rings. The number of benzene rings is 3. The molecule has 0 spiro atoms. The van der Waals surface area contributed by atoms with Gasteiger partial charge in [0.15, 0.2) is 5.60 Å². The maximum absolute atomic E-state index is 13.6. The van der Waals surface area contributed by atoms with Gasteiger partial charge in [-0.15, -0.1) is 0 Å². The highest BCUT2D eigenvalue weighted by Gasteiger charge is 2.42. The third-order valence-corrected chi connectivity index (χ3v) is 7.00. The van der Waals surface area contributed by atoms with Gasteiger partial charge in [0.2, 0.25) is 0 Å². The Hall–Kier alpha value is -3.15. The first-order chi connectivity index (χ1) is 17.0. The highest BCUT2D eigenvalue weighted by Crippen LogP contribution is 2.33. The summed E-state index contributed by atoms with van der Waals surface area (Å²) >= 11 is 0. The molecular formula is C30H37N3O2. The van der Waals surface area contributed by atoms with Gasteiger partial charge in [0, 0.05) is 45.5 Å². The van der Waals surface area contributed by atoms with E-state index in [-0.39, 0.29) is 5.91 Å². The first kappa shape index (κ1) is 25.0. The molecule has 0 atom stereocenters. The van der Waals surface area contributed by atoms with Crippen LogP contribution in [0.4, 0.5) is 5.69 Å². The van der Waals surface area contributed by atoms with E-state index in [4.69, 9.17) is 4.74 Å². The summed E-state index contributed by atoms with van der Waals surface area (Å²) in [6.07, 6.45) is 0.901. The predicted octanol–water partition coefficient (Wildman–Crippen LogP) is 4.52. The lowest BCUT2D eigenvalue weighted by molar-refractivity contribution is -0.139. The fourth-order valence-corrected chi connectivity index (χ4v) is 5.00. The smallest absolute Gasteiger partial charge is 0.261 e. The second kappa shape index (κ2) is 11.5. The first-order valence-corrected chi connectivity index (χ1v) is 12.5. The Balaban J connectivity index is 1.32. The fourth-order valence-electron chi connectivity index (χ4n) is 5.00. The largest absolute Gasteiger partial charge is 0.369 e. The molecule has 1 N–H and O–H groups in total. The van der Waals surface area contributed by atoms with E-state index >= 15 is 0 Å². The Bertz CT molecular complexity index is 1050. The Morgan fingerprint density at radius 3 is 2.06 bits per heavy atom. The first-order valence-electron chi connectivity index (χ1n) is 12.5. The number of anilines is 1. The van der Waals surface area contributed by atoms with Crippen LogP contribution >= 0.6 is 0 Å². The van der Waals surface area contributed by atoms with Crippen molar-refractivity contribution in [1.82, 2.24) is 10.2 Å². The number of carbonyl (C=O) groups excluding carboxylic acids is 1. The monoisotopic (exact) mass is 471 g/mol. The lowest BCUT2D eigenvalue weighted by atomic mass is 9.85. The molecule has 1 amide bonds. The van der Waals surface area contributed by atoms with Crippen LogP contribution in [0.3, 0.4) is 0 Å². The second-order valence-electron chi connectivity index (χ2n) is 9.35. The molecule has 5 nitrogen and oxygen atoms in total. The zero-order valence-electron chi connectivity index (χ0n) is 21.2. The number of rotatable bonds is 9. The number of hydrogen-bond donors (Lipinski definition) is 1. The van der Waals surface area contributed by atoms with Gasteiger partial charge in [-0.1, -0.05) is 72.8 Å². The summed E-state index contributed by atoms with van der Waals surface area (Å²) in [5.74, 6) is -0.128. The van der Waals surface area contributed by atoms with Crippen molar-refractivity contribution < 1.29 is 9.53 Å².